The predicted octanol–water partition coefficient (Wildman–Crippen LogP) is 4.55. The molecule has 0 aliphatic rings. The van der Waals surface area contributed by atoms with Crippen LogP contribution in [0.5, 0.6) is 5.75 Å². The van der Waals surface area contributed by atoms with Crippen molar-refractivity contribution in [1.29, 1.82) is 0 Å². The number of nitrogens with one attached hydrogen (secondary N) is 2. The minimum atomic E-state index is -1.30. The van der Waals surface area contributed by atoms with Gasteiger partial charge in [-0.05, 0) is 67.7 Å². The number of carboxylic acids is 1. The summed E-state index contributed by atoms with van der Waals surface area (Å²) in [4.78, 5) is 12.1. The van der Waals surface area contributed by atoms with E-state index in [9.17, 15) is 13.4 Å². The molecule has 0 aliphatic heterocycles. The first kappa shape index (κ1) is 26.8. The average molecular weight is 511 g/mol. The van der Waals surface area contributed by atoms with Crippen LogP contribution < -0.4 is 14.8 Å². The molecule has 0 saturated heterocycles. The van der Waals surface area contributed by atoms with Gasteiger partial charge in [-0.15, -0.1) is 12.6 Å². The maximum atomic E-state index is 12.3. The Morgan fingerprint density at radius 1 is 1.15 bits per heavy atom. The Morgan fingerprint density at radius 3 is 2.52 bits per heavy atom. The van der Waals surface area contributed by atoms with Crippen molar-refractivity contribution in [2.75, 3.05) is 20.7 Å². The zero-order valence-corrected chi connectivity index (χ0v) is 20.4. The van der Waals surface area contributed by atoms with Crippen molar-refractivity contribution in [3.05, 3.63) is 77.1 Å². The lowest BCUT2D eigenvalue weighted by Crippen LogP contribution is -2.11. The summed E-state index contributed by atoms with van der Waals surface area (Å²) >= 11 is 9.34. The highest BCUT2D eigenvalue weighted by Crippen LogP contribution is 2.32. The third kappa shape index (κ3) is 8.45. The van der Waals surface area contributed by atoms with E-state index in [2.05, 4.69) is 22.7 Å². The van der Waals surface area contributed by atoms with Crippen molar-refractivity contribution in [1.82, 2.24) is 10.0 Å². The Hall–Kier alpha value is -2.43. The maximum absolute atomic E-state index is 12.3. The second kappa shape index (κ2) is 13.3. The van der Waals surface area contributed by atoms with Crippen LogP contribution >= 0.6 is 24.2 Å². The molecule has 0 bridgehead atoms. The molecule has 0 fully saturated rings. The Kier molecular flexibility index (Phi) is 10.8. The molecular weight excluding hydrogens is 487 g/mol. The number of aliphatic carboxylic acids is 1. The summed E-state index contributed by atoms with van der Waals surface area (Å²) in [5.41, 5.74) is 2.61. The Balaban J connectivity index is 0.000000357. The molecule has 10 heteroatoms. The number of benzene rings is 3. The van der Waals surface area contributed by atoms with Gasteiger partial charge in [0.15, 0.2) is 6.61 Å². The zero-order valence-electron chi connectivity index (χ0n) is 18.0. The van der Waals surface area contributed by atoms with Crippen molar-refractivity contribution < 1.29 is 23.2 Å². The molecule has 6 nitrogen and oxygen atoms in total. The third-order valence-electron chi connectivity index (χ3n) is 4.22. The Bertz CT molecular complexity index is 1130. The van der Waals surface area contributed by atoms with Crippen LogP contribution in [0.4, 0.5) is 4.39 Å². The molecule has 0 heterocycles. The predicted molar refractivity (Wildman–Crippen MR) is 132 cm³/mol. The van der Waals surface area contributed by atoms with Gasteiger partial charge in [-0.3, -0.25) is 0 Å². The fourth-order valence-electron chi connectivity index (χ4n) is 2.76. The molecule has 3 aromatic carbocycles. The van der Waals surface area contributed by atoms with Crippen LogP contribution in [0.2, 0.25) is 5.02 Å². The number of hydrogen-bond donors (Lipinski definition) is 4. The standard InChI is InChI=1S/C17H20N2O4S.C6H4ClFS/c1-18-10-12-6-7-16(23-11-17(20)21)15(8-12)13-4-3-5-14(9-13)24(22)19-2;7-5-3-4(9)1-2-6(5)8/h3-9,18-19H,10-11H2,1-2H3,(H,20,21);1-3,9H. The molecule has 0 radical (unpaired) electrons. The molecule has 176 valence electrons. The molecular formula is C23H24ClFN2O4S2. The minimum absolute atomic E-state index is 0.113. The summed E-state index contributed by atoms with van der Waals surface area (Å²) < 4.78 is 32.4. The van der Waals surface area contributed by atoms with Gasteiger partial charge < -0.3 is 15.2 Å². The van der Waals surface area contributed by atoms with E-state index in [0.717, 1.165) is 16.7 Å². The lowest BCUT2D eigenvalue weighted by molar-refractivity contribution is -0.139. The number of carboxylic acid groups (broad SMARTS) is 1. The summed E-state index contributed by atoms with van der Waals surface area (Å²) in [6.07, 6.45) is 0. The molecule has 0 aliphatic carbocycles. The summed E-state index contributed by atoms with van der Waals surface area (Å²) in [6.45, 7) is 0.259. The number of thiol groups is 1. The van der Waals surface area contributed by atoms with Crippen LogP contribution in [0.25, 0.3) is 11.1 Å². The van der Waals surface area contributed by atoms with E-state index in [1.165, 1.54) is 12.1 Å². The van der Waals surface area contributed by atoms with Gasteiger partial charge in [-0.2, -0.15) is 0 Å². The zero-order chi connectivity index (χ0) is 24.4. The highest BCUT2D eigenvalue weighted by molar-refractivity contribution is 7.83. The largest absolute Gasteiger partial charge is 0.481 e. The fraction of sp³-hybridized carbons (Fsp3) is 0.174. The summed E-state index contributed by atoms with van der Waals surface area (Å²) in [6, 6.07) is 17.1. The lowest BCUT2D eigenvalue weighted by atomic mass is 10.0. The SMILES string of the molecule is CNCc1ccc(OCC(=O)O)c(-c2cccc(S(=O)NC)c2)c1.Fc1ccc(S)cc1Cl. The van der Waals surface area contributed by atoms with Crippen LogP contribution in [0.3, 0.4) is 0 Å². The van der Waals surface area contributed by atoms with Gasteiger partial charge >= 0.3 is 5.97 Å². The number of ether oxygens (including phenoxy) is 1. The smallest absolute Gasteiger partial charge is 0.341 e. The minimum Gasteiger partial charge on any atom is -0.481 e. The van der Waals surface area contributed by atoms with Gasteiger partial charge in [0, 0.05) is 17.0 Å². The van der Waals surface area contributed by atoms with Crippen molar-refractivity contribution in [3.63, 3.8) is 0 Å². The maximum Gasteiger partial charge on any atom is 0.341 e. The highest BCUT2D eigenvalue weighted by Gasteiger charge is 2.11. The van der Waals surface area contributed by atoms with Crippen molar-refractivity contribution in [3.8, 4) is 16.9 Å². The summed E-state index contributed by atoms with van der Waals surface area (Å²) in [5, 5.41) is 12.0. The first-order chi connectivity index (χ1) is 15.7. The molecule has 0 aromatic heterocycles. The third-order valence-corrected chi connectivity index (χ3v) is 5.84. The van der Waals surface area contributed by atoms with E-state index >= 15 is 0 Å². The number of halogens is 2. The topological polar surface area (TPSA) is 87.7 Å². The van der Waals surface area contributed by atoms with Gasteiger partial charge in [0.1, 0.15) is 22.6 Å². The lowest BCUT2D eigenvalue weighted by Gasteiger charge is -2.13. The van der Waals surface area contributed by atoms with Crippen molar-refractivity contribution >= 4 is 41.2 Å². The Morgan fingerprint density at radius 2 is 1.91 bits per heavy atom. The van der Waals surface area contributed by atoms with Crippen molar-refractivity contribution in [2.24, 2.45) is 0 Å². The fourth-order valence-corrected chi connectivity index (χ4v) is 3.90. The molecule has 33 heavy (non-hydrogen) atoms. The quantitative estimate of drug-likeness (QED) is 0.334. The molecule has 3 N–H and O–H groups in total. The number of rotatable bonds is 8. The summed E-state index contributed by atoms with van der Waals surface area (Å²) in [5.74, 6) is -0.968. The molecule has 0 amide bonds. The van der Waals surface area contributed by atoms with Gasteiger partial charge in [0.05, 0.1) is 9.92 Å². The monoisotopic (exact) mass is 510 g/mol. The van der Waals surface area contributed by atoms with E-state index in [-0.39, 0.29) is 5.02 Å². The highest BCUT2D eigenvalue weighted by atomic mass is 35.5. The second-order valence-electron chi connectivity index (χ2n) is 6.64. The first-order valence-electron chi connectivity index (χ1n) is 9.71. The van der Waals surface area contributed by atoms with Crippen molar-refractivity contribution in [2.45, 2.75) is 16.3 Å². The number of carbonyl (C=O) groups is 1. The van der Waals surface area contributed by atoms with E-state index in [1.54, 1.807) is 31.3 Å². The van der Waals surface area contributed by atoms with E-state index in [0.29, 0.717) is 22.1 Å². The van der Waals surface area contributed by atoms with E-state index in [4.69, 9.17) is 21.4 Å². The Labute approximate surface area is 205 Å². The second-order valence-corrected chi connectivity index (χ2v) is 8.98. The number of hydrogen-bond acceptors (Lipinski definition) is 5. The molecule has 3 aromatic rings. The van der Waals surface area contributed by atoms with Crippen LogP contribution in [-0.2, 0) is 22.3 Å². The molecule has 0 saturated carbocycles. The van der Waals surface area contributed by atoms with E-state index in [1.807, 2.05) is 31.3 Å². The molecule has 1 atom stereocenters. The average Bonchev–Trinajstić information content (AvgIpc) is 2.81. The molecule has 3 rings (SSSR count). The van der Waals surface area contributed by atoms with Gasteiger partial charge in [-0.25, -0.2) is 18.1 Å². The molecule has 1 unspecified atom stereocenters. The normalized spacial score (nSPS) is 11.3. The van der Waals surface area contributed by atoms with Gasteiger partial charge in [0.25, 0.3) is 0 Å². The van der Waals surface area contributed by atoms with Gasteiger partial charge in [-0.1, -0.05) is 29.8 Å². The van der Waals surface area contributed by atoms with Crippen LogP contribution in [-0.4, -0.2) is 36.0 Å². The van der Waals surface area contributed by atoms with Crippen LogP contribution in [0.1, 0.15) is 5.56 Å². The van der Waals surface area contributed by atoms with Crippen LogP contribution in [0.15, 0.2) is 70.5 Å². The van der Waals surface area contributed by atoms with E-state index < -0.39 is 29.4 Å². The van der Waals surface area contributed by atoms with Gasteiger partial charge in [0.2, 0.25) is 0 Å². The first-order valence-corrected chi connectivity index (χ1v) is 11.7. The summed E-state index contributed by atoms with van der Waals surface area (Å²) in [7, 11) is 2.18. The van der Waals surface area contributed by atoms with Crippen LogP contribution in [0, 0.1) is 5.82 Å². The molecule has 0 spiro atoms.